The lowest BCUT2D eigenvalue weighted by molar-refractivity contribution is -0.132. The van der Waals surface area contributed by atoms with Crippen molar-refractivity contribution >= 4 is 11.7 Å². The number of nitrogens with zero attached hydrogens (tertiary/aromatic N) is 4. The zero-order valence-corrected chi connectivity index (χ0v) is 13.6. The fourth-order valence-corrected chi connectivity index (χ4v) is 3.38. The summed E-state index contributed by atoms with van der Waals surface area (Å²) in [5.41, 5.74) is 0. The molecule has 2 aliphatic heterocycles. The largest absolute Gasteiger partial charge is 0.392 e. The quantitative estimate of drug-likeness (QED) is 0.808. The van der Waals surface area contributed by atoms with Crippen LogP contribution in [0.25, 0.3) is 0 Å². The molecule has 0 aliphatic carbocycles. The van der Waals surface area contributed by atoms with Crippen molar-refractivity contribution in [2.75, 3.05) is 38.1 Å². The molecule has 0 bridgehead atoms. The van der Waals surface area contributed by atoms with Gasteiger partial charge in [0, 0.05) is 38.4 Å². The maximum absolute atomic E-state index is 12.4. The lowest BCUT2D eigenvalue weighted by Gasteiger charge is -2.36. The van der Waals surface area contributed by atoms with Gasteiger partial charge < -0.3 is 20.2 Å². The molecule has 23 heavy (non-hydrogen) atoms. The van der Waals surface area contributed by atoms with Gasteiger partial charge in [0.05, 0.1) is 12.0 Å². The summed E-state index contributed by atoms with van der Waals surface area (Å²) in [6, 6.07) is 4.02. The number of hydrogen-bond donors (Lipinski definition) is 2. The van der Waals surface area contributed by atoms with Crippen molar-refractivity contribution in [1.29, 1.82) is 0 Å². The number of anilines is 1. The molecule has 2 fully saturated rings. The van der Waals surface area contributed by atoms with E-state index in [1.165, 1.54) is 0 Å². The zero-order chi connectivity index (χ0) is 16.2. The lowest BCUT2D eigenvalue weighted by Crippen LogP contribution is -2.52. The second-order valence-electron chi connectivity index (χ2n) is 6.58. The van der Waals surface area contributed by atoms with Gasteiger partial charge in [0.1, 0.15) is 0 Å². The van der Waals surface area contributed by atoms with Crippen LogP contribution in [-0.4, -0.2) is 71.5 Å². The highest BCUT2D eigenvalue weighted by molar-refractivity contribution is 5.80. The van der Waals surface area contributed by atoms with Gasteiger partial charge in [0.25, 0.3) is 0 Å². The molecular formula is C16H25N5O2. The van der Waals surface area contributed by atoms with E-state index in [-0.39, 0.29) is 17.9 Å². The Labute approximate surface area is 136 Å². The second kappa shape index (κ2) is 7.23. The Morgan fingerprint density at radius 1 is 1.30 bits per heavy atom. The average Bonchev–Trinajstić information content (AvgIpc) is 2.58. The number of aliphatic hydroxyl groups excluding tert-OH is 1. The minimum Gasteiger partial charge on any atom is -0.392 e. The molecule has 2 atom stereocenters. The third-order valence-corrected chi connectivity index (χ3v) is 4.84. The minimum absolute atomic E-state index is 0.0120. The molecule has 0 radical (unpaired) electrons. The summed E-state index contributed by atoms with van der Waals surface area (Å²) < 4.78 is 0. The van der Waals surface area contributed by atoms with E-state index >= 15 is 0 Å². The number of likely N-dealkylation sites (tertiary alicyclic amines) is 1. The summed E-state index contributed by atoms with van der Waals surface area (Å²) in [7, 11) is 1.99. The Morgan fingerprint density at radius 3 is 2.78 bits per heavy atom. The van der Waals surface area contributed by atoms with Crippen molar-refractivity contribution in [1.82, 2.24) is 20.4 Å². The number of piperidine rings is 2. The van der Waals surface area contributed by atoms with Crippen LogP contribution in [0, 0.1) is 5.92 Å². The Kier molecular flexibility index (Phi) is 5.07. The summed E-state index contributed by atoms with van der Waals surface area (Å²) >= 11 is 0. The summed E-state index contributed by atoms with van der Waals surface area (Å²) in [5, 5.41) is 21.2. The van der Waals surface area contributed by atoms with Crippen molar-refractivity contribution in [3.63, 3.8) is 0 Å². The van der Waals surface area contributed by atoms with Crippen molar-refractivity contribution in [2.24, 2.45) is 5.92 Å². The number of hydrogen-bond acceptors (Lipinski definition) is 6. The van der Waals surface area contributed by atoms with Gasteiger partial charge >= 0.3 is 0 Å². The van der Waals surface area contributed by atoms with Crippen molar-refractivity contribution < 1.29 is 9.90 Å². The summed E-state index contributed by atoms with van der Waals surface area (Å²) in [6.45, 7) is 3.19. The number of nitrogens with one attached hydrogen (secondary N) is 1. The fraction of sp³-hybridized carbons (Fsp3) is 0.688. The number of rotatable bonds is 3. The predicted octanol–water partition coefficient (Wildman–Crippen LogP) is -0.126. The molecule has 3 rings (SSSR count). The number of carbonyl (C=O) groups is 1. The molecule has 126 valence electrons. The van der Waals surface area contributed by atoms with Gasteiger partial charge in [0.2, 0.25) is 5.91 Å². The molecule has 0 unspecified atom stereocenters. The second-order valence-corrected chi connectivity index (χ2v) is 6.58. The lowest BCUT2D eigenvalue weighted by atomic mass is 9.93. The highest BCUT2D eigenvalue weighted by Gasteiger charge is 2.33. The molecule has 1 aromatic rings. The molecule has 7 heteroatoms. The van der Waals surface area contributed by atoms with Crippen LogP contribution in [0.4, 0.5) is 5.82 Å². The number of aliphatic hydroxyl groups is 1. The van der Waals surface area contributed by atoms with E-state index in [1.54, 1.807) is 6.20 Å². The normalized spacial score (nSPS) is 27.0. The monoisotopic (exact) mass is 319 g/mol. The molecule has 2 saturated heterocycles. The molecule has 0 saturated carbocycles. The van der Waals surface area contributed by atoms with E-state index < -0.39 is 6.10 Å². The first-order chi connectivity index (χ1) is 11.1. The van der Waals surface area contributed by atoms with Crippen molar-refractivity contribution in [2.45, 2.75) is 31.4 Å². The predicted molar refractivity (Wildman–Crippen MR) is 87.0 cm³/mol. The third kappa shape index (κ3) is 3.97. The first-order valence-electron chi connectivity index (χ1n) is 8.33. The van der Waals surface area contributed by atoms with Gasteiger partial charge in [0.15, 0.2) is 5.82 Å². The minimum atomic E-state index is -0.522. The number of aromatic nitrogens is 2. The van der Waals surface area contributed by atoms with E-state index in [0.29, 0.717) is 13.0 Å². The first-order valence-corrected chi connectivity index (χ1v) is 8.33. The SMILES string of the molecule is CN1CC[C@@H](O)[C@H](C(=O)NC2CCN(c3cccnn3)CC2)C1. The van der Waals surface area contributed by atoms with E-state index in [2.05, 4.69) is 25.3 Å². The molecule has 0 aromatic carbocycles. The van der Waals surface area contributed by atoms with Crippen LogP contribution < -0.4 is 10.2 Å². The van der Waals surface area contributed by atoms with Gasteiger partial charge in [-0.3, -0.25) is 4.79 Å². The van der Waals surface area contributed by atoms with Crippen LogP contribution in [0.1, 0.15) is 19.3 Å². The Morgan fingerprint density at radius 2 is 2.09 bits per heavy atom. The molecule has 3 heterocycles. The maximum atomic E-state index is 12.4. The molecule has 2 aliphatic rings. The summed E-state index contributed by atoms with van der Waals surface area (Å²) in [6.07, 6.45) is 3.59. The highest BCUT2D eigenvalue weighted by atomic mass is 16.3. The topological polar surface area (TPSA) is 81.6 Å². The van der Waals surface area contributed by atoms with E-state index in [1.807, 2.05) is 19.2 Å². The van der Waals surface area contributed by atoms with Gasteiger partial charge in [-0.1, -0.05) is 0 Å². The van der Waals surface area contributed by atoms with E-state index in [9.17, 15) is 9.90 Å². The van der Waals surface area contributed by atoms with Crippen LogP contribution in [0.2, 0.25) is 0 Å². The molecule has 2 N–H and O–H groups in total. The smallest absolute Gasteiger partial charge is 0.227 e. The van der Waals surface area contributed by atoms with Crippen LogP contribution in [0.15, 0.2) is 18.3 Å². The molecule has 1 amide bonds. The Balaban J connectivity index is 1.49. The molecule has 1 aromatic heterocycles. The van der Waals surface area contributed by atoms with Crippen molar-refractivity contribution in [3.05, 3.63) is 18.3 Å². The Bertz CT molecular complexity index is 518. The maximum Gasteiger partial charge on any atom is 0.227 e. The number of amides is 1. The standard InChI is InChI=1S/C16H25N5O2/c1-20-8-6-14(22)13(11-20)16(23)18-12-4-9-21(10-5-12)15-3-2-7-17-19-15/h2-3,7,12-14,22H,4-6,8-11H2,1H3,(H,18,23)/t13-,14-/m1/s1. The van der Waals surface area contributed by atoms with Crippen LogP contribution >= 0.6 is 0 Å². The Hall–Kier alpha value is -1.73. The molecule has 0 spiro atoms. The molecular weight excluding hydrogens is 294 g/mol. The van der Waals surface area contributed by atoms with Gasteiger partial charge in [-0.2, -0.15) is 5.10 Å². The van der Waals surface area contributed by atoms with Crippen molar-refractivity contribution in [3.8, 4) is 0 Å². The van der Waals surface area contributed by atoms with E-state index in [0.717, 1.165) is 38.3 Å². The third-order valence-electron chi connectivity index (χ3n) is 4.84. The average molecular weight is 319 g/mol. The zero-order valence-electron chi connectivity index (χ0n) is 13.6. The first kappa shape index (κ1) is 16.1. The van der Waals surface area contributed by atoms with Crippen LogP contribution in [-0.2, 0) is 4.79 Å². The molecule has 7 nitrogen and oxygen atoms in total. The van der Waals surface area contributed by atoms with Crippen LogP contribution in [0.3, 0.4) is 0 Å². The van der Waals surface area contributed by atoms with E-state index in [4.69, 9.17) is 0 Å². The highest BCUT2D eigenvalue weighted by Crippen LogP contribution is 2.19. The summed E-state index contributed by atoms with van der Waals surface area (Å²) in [5.74, 6) is 0.565. The van der Waals surface area contributed by atoms with Gasteiger partial charge in [-0.15, -0.1) is 5.10 Å². The fourth-order valence-electron chi connectivity index (χ4n) is 3.38. The summed E-state index contributed by atoms with van der Waals surface area (Å²) in [4.78, 5) is 16.7. The van der Waals surface area contributed by atoms with Crippen LogP contribution in [0.5, 0.6) is 0 Å². The van der Waals surface area contributed by atoms with Gasteiger partial charge in [-0.05, 0) is 38.4 Å². The number of carbonyl (C=O) groups excluding carboxylic acids is 1. The van der Waals surface area contributed by atoms with Gasteiger partial charge in [-0.25, -0.2) is 0 Å².